The maximum absolute atomic E-state index is 5.89. The second-order valence-corrected chi connectivity index (χ2v) is 8.91. The van der Waals surface area contributed by atoms with Gasteiger partial charge in [0, 0.05) is 5.75 Å². The van der Waals surface area contributed by atoms with Crippen LogP contribution in [-0.4, -0.2) is 40.8 Å². The molecule has 2 heterocycles. The fourth-order valence-electron chi connectivity index (χ4n) is 3.21. The molecule has 0 atom stereocenters. The first-order chi connectivity index (χ1) is 15.7. The van der Waals surface area contributed by atoms with E-state index in [1.807, 2.05) is 54.8 Å². The average Bonchev–Trinajstić information content (AvgIpc) is 3.48. The van der Waals surface area contributed by atoms with Crippen LogP contribution in [0.15, 0.2) is 65.1 Å². The van der Waals surface area contributed by atoms with Crippen LogP contribution in [0.25, 0.3) is 16.4 Å². The molecule has 6 nitrogen and oxygen atoms in total. The van der Waals surface area contributed by atoms with Crippen molar-refractivity contribution in [2.24, 2.45) is 0 Å². The van der Waals surface area contributed by atoms with E-state index in [1.54, 1.807) is 30.2 Å². The monoisotopic (exact) mass is 467 g/mol. The number of methoxy groups -OCH3 is 1. The van der Waals surface area contributed by atoms with E-state index in [1.165, 1.54) is 0 Å². The van der Waals surface area contributed by atoms with Crippen LogP contribution in [0.2, 0.25) is 0 Å². The Kier molecular flexibility index (Phi) is 7.34. The highest BCUT2D eigenvalue weighted by molar-refractivity contribution is 7.99. The van der Waals surface area contributed by atoms with Gasteiger partial charge in [-0.25, -0.2) is 0 Å². The number of hydrogen-bond acceptors (Lipinski definition) is 7. The van der Waals surface area contributed by atoms with Gasteiger partial charge in [0.1, 0.15) is 17.2 Å². The summed E-state index contributed by atoms with van der Waals surface area (Å²) in [5.74, 6) is 3.97. The van der Waals surface area contributed by atoms with E-state index in [4.69, 9.17) is 14.2 Å². The lowest BCUT2D eigenvalue weighted by atomic mass is 10.2. The molecule has 0 fully saturated rings. The van der Waals surface area contributed by atoms with Crippen molar-refractivity contribution in [1.29, 1.82) is 0 Å². The summed E-state index contributed by atoms with van der Waals surface area (Å²) in [4.78, 5) is 1.05. The zero-order valence-corrected chi connectivity index (χ0v) is 19.9. The van der Waals surface area contributed by atoms with Crippen LogP contribution in [0.3, 0.4) is 0 Å². The maximum atomic E-state index is 5.89. The topological polar surface area (TPSA) is 58.4 Å². The van der Waals surface area contributed by atoms with Crippen LogP contribution in [-0.2, 0) is 0 Å². The van der Waals surface area contributed by atoms with E-state index < -0.39 is 0 Å². The van der Waals surface area contributed by atoms with Gasteiger partial charge in [-0.15, -0.1) is 21.5 Å². The van der Waals surface area contributed by atoms with Gasteiger partial charge in [-0.1, -0.05) is 23.9 Å². The third-order valence-electron chi connectivity index (χ3n) is 4.67. The zero-order valence-electron chi connectivity index (χ0n) is 18.3. The van der Waals surface area contributed by atoms with Gasteiger partial charge in [-0.2, -0.15) is 0 Å². The molecule has 0 bridgehead atoms. The summed E-state index contributed by atoms with van der Waals surface area (Å²) < 4.78 is 19.1. The zero-order chi connectivity index (χ0) is 22.3. The predicted octanol–water partition coefficient (Wildman–Crippen LogP) is 5.88. The summed E-state index contributed by atoms with van der Waals surface area (Å²) in [6.07, 6.45) is 0. The SMILES string of the molecule is CCOc1ccc(OCCSc2nnc(-c3cccs3)n2-c2cc(C)ccc2OC)cc1. The third kappa shape index (κ3) is 5.08. The first-order valence-corrected chi connectivity index (χ1v) is 12.2. The first-order valence-electron chi connectivity index (χ1n) is 10.3. The van der Waals surface area contributed by atoms with Crippen molar-refractivity contribution in [3.8, 4) is 33.6 Å². The second kappa shape index (κ2) is 10.6. The summed E-state index contributed by atoms with van der Waals surface area (Å²) in [7, 11) is 1.68. The van der Waals surface area contributed by atoms with Crippen LogP contribution in [0.1, 0.15) is 12.5 Å². The van der Waals surface area contributed by atoms with Crippen molar-refractivity contribution >= 4 is 23.1 Å². The van der Waals surface area contributed by atoms with Gasteiger partial charge in [-0.3, -0.25) is 4.57 Å². The van der Waals surface area contributed by atoms with Gasteiger partial charge in [0.05, 0.1) is 30.9 Å². The van der Waals surface area contributed by atoms with E-state index in [9.17, 15) is 0 Å². The molecule has 0 spiro atoms. The largest absolute Gasteiger partial charge is 0.495 e. The van der Waals surface area contributed by atoms with Gasteiger partial charge in [0.25, 0.3) is 0 Å². The van der Waals surface area contributed by atoms with E-state index in [2.05, 4.69) is 33.8 Å². The lowest BCUT2D eigenvalue weighted by Gasteiger charge is -2.14. The molecule has 166 valence electrons. The molecule has 4 rings (SSSR count). The van der Waals surface area contributed by atoms with Crippen LogP contribution in [0.5, 0.6) is 17.2 Å². The number of benzene rings is 2. The van der Waals surface area contributed by atoms with Crippen molar-refractivity contribution < 1.29 is 14.2 Å². The van der Waals surface area contributed by atoms with Gasteiger partial charge >= 0.3 is 0 Å². The molecule has 0 radical (unpaired) electrons. The highest BCUT2D eigenvalue weighted by atomic mass is 32.2. The smallest absolute Gasteiger partial charge is 0.196 e. The third-order valence-corrected chi connectivity index (χ3v) is 6.43. The van der Waals surface area contributed by atoms with Crippen LogP contribution in [0, 0.1) is 6.92 Å². The van der Waals surface area contributed by atoms with Crippen LogP contribution >= 0.6 is 23.1 Å². The molecular weight excluding hydrogens is 442 g/mol. The standard InChI is InChI=1S/C24H25N3O3S2/c1-4-29-18-8-10-19(11-9-18)30-13-15-32-24-26-25-23(22-6-5-14-31-22)27(24)20-16-17(2)7-12-21(20)28-3/h5-12,14,16H,4,13,15H2,1-3H3. The van der Waals surface area contributed by atoms with Gasteiger partial charge < -0.3 is 14.2 Å². The van der Waals surface area contributed by atoms with E-state index in [-0.39, 0.29) is 0 Å². The number of ether oxygens (including phenoxy) is 3. The molecule has 8 heteroatoms. The predicted molar refractivity (Wildman–Crippen MR) is 130 cm³/mol. The minimum absolute atomic E-state index is 0.546. The minimum atomic E-state index is 0.546. The Bertz CT molecular complexity index is 1140. The summed E-state index contributed by atoms with van der Waals surface area (Å²) in [6.45, 7) is 5.23. The highest BCUT2D eigenvalue weighted by Crippen LogP contribution is 2.34. The van der Waals surface area contributed by atoms with Gasteiger partial charge in [-0.05, 0) is 67.3 Å². The molecule has 0 aliphatic heterocycles. The molecular formula is C24H25N3O3S2. The number of rotatable bonds is 10. The van der Waals surface area contributed by atoms with Gasteiger partial charge in [0.15, 0.2) is 11.0 Å². The van der Waals surface area contributed by atoms with E-state index >= 15 is 0 Å². The highest BCUT2D eigenvalue weighted by Gasteiger charge is 2.19. The Morgan fingerprint density at radius 1 is 1.00 bits per heavy atom. The molecule has 2 aromatic carbocycles. The van der Waals surface area contributed by atoms with E-state index in [0.29, 0.717) is 13.2 Å². The lowest BCUT2D eigenvalue weighted by molar-refractivity contribution is 0.332. The van der Waals surface area contributed by atoms with Crippen LogP contribution in [0.4, 0.5) is 0 Å². The van der Waals surface area contributed by atoms with Crippen LogP contribution < -0.4 is 14.2 Å². The van der Waals surface area contributed by atoms with Gasteiger partial charge in [0.2, 0.25) is 0 Å². The maximum Gasteiger partial charge on any atom is 0.196 e. The Morgan fingerprint density at radius 3 is 2.47 bits per heavy atom. The fraction of sp³-hybridized carbons (Fsp3) is 0.250. The quantitative estimate of drug-likeness (QED) is 0.214. The number of aryl methyl sites for hydroxylation is 1. The molecule has 4 aromatic rings. The molecule has 32 heavy (non-hydrogen) atoms. The summed E-state index contributed by atoms with van der Waals surface area (Å²) in [5, 5.41) is 11.8. The number of hydrogen-bond donors (Lipinski definition) is 0. The number of aromatic nitrogens is 3. The summed E-state index contributed by atoms with van der Waals surface area (Å²) in [5.41, 5.74) is 2.07. The van der Waals surface area contributed by atoms with Crippen molar-refractivity contribution in [1.82, 2.24) is 14.8 Å². The van der Waals surface area contributed by atoms with Crippen molar-refractivity contribution in [3.63, 3.8) is 0 Å². The molecule has 0 N–H and O–H groups in total. The number of thiophene rings is 1. The second-order valence-electron chi connectivity index (χ2n) is 6.90. The Morgan fingerprint density at radius 2 is 1.78 bits per heavy atom. The molecule has 2 aromatic heterocycles. The van der Waals surface area contributed by atoms with Crippen molar-refractivity contribution in [3.05, 3.63) is 65.5 Å². The average molecular weight is 468 g/mol. The Hall–Kier alpha value is -2.97. The number of thioether (sulfide) groups is 1. The molecule has 0 aliphatic rings. The molecule has 0 aliphatic carbocycles. The van der Waals surface area contributed by atoms with Crippen molar-refractivity contribution in [2.75, 3.05) is 26.1 Å². The molecule has 0 amide bonds. The molecule has 0 unspecified atom stereocenters. The van der Waals surface area contributed by atoms with Crippen molar-refractivity contribution in [2.45, 2.75) is 19.0 Å². The Labute approximate surface area is 196 Å². The fourth-order valence-corrected chi connectivity index (χ4v) is 4.67. The number of nitrogens with zero attached hydrogens (tertiary/aromatic N) is 3. The lowest BCUT2D eigenvalue weighted by Crippen LogP contribution is -2.05. The minimum Gasteiger partial charge on any atom is -0.495 e. The summed E-state index contributed by atoms with van der Waals surface area (Å²) >= 11 is 3.24. The first kappa shape index (κ1) is 22.2. The van der Waals surface area contributed by atoms with E-state index in [0.717, 1.165) is 50.1 Å². The summed E-state index contributed by atoms with van der Waals surface area (Å²) in [6, 6.07) is 17.9. The molecule has 0 saturated heterocycles. The Balaban J connectivity index is 1.52. The molecule has 0 saturated carbocycles. The normalized spacial score (nSPS) is 10.8.